The van der Waals surface area contributed by atoms with E-state index in [-0.39, 0.29) is 24.5 Å². The van der Waals surface area contributed by atoms with Crippen LogP contribution in [0.15, 0.2) is 48.5 Å². The van der Waals surface area contributed by atoms with E-state index >= 15 is 0 Å². The smallest absolute Gasteiger partial charge is 0.256 e. The van der Waals surface area contributed by atoms with E-state index in [0.29, 0.717) is 42.0 Å². The minimum absolute atomic E-state index is 0.0482. The first-order valence-corrected chi connectivity index (χ1v) is 12.8. The molecular weight excluding hydrogens is 444 g/mol. The molecule has 0 bridgehead atoms. The summed E-state index contributed by atoms with van der Waals surface area (Å²) >= 11 is 0. The summed E-state index contributed by atoms with van der Waals surface area (Å²) in [5.41, 5.74) is 0.130. The summed E-state index contributed by atoms with van der Waals surface area (Å²) in [6, 6.07) is 15.0. The quantitative estimate of drug-likeness (QED) is 0.642. The van der Waals surface area contributed by atoms with Gasteiger partial charge in [-0.15, -0.1) is 0 Å². The van der Waals surface area contributed by atoms with Crippen LogP contribution in [0.25, 0.3) is 0 Å². The van der Waals surface area contributed by atoms with Crippen molar-refractivity contribution in [1.29, 1.82) is 0 Å². The fraction of sp³-hybridized carbons (Fsp3) is 0.500. The standard InChI is InChI=1S/C28H32N2O5/c31-26(13-18-10-11-24-25(12-18)35-17-34-24)30-15-22-21(23(22)16-30)14-29-27(32)28(33,20-8-4-5-9-20)19-6-2-1-3-7-19/h1-3,6-7,10-12,20-23,33H,4-5,8-9,13-17H2,(H,29,32)/t21?,22-,23?,28?/m1/s1. The summed E-state index contributed by atoms with van der Waals surface area (Å²) in [6.45, 7) is 2.25. The average molecular weight is 477 g/mol. The van der Waals surface area contributed by atoms with E-state index in [1.165, 1.54) is 0 Å². The van der Waals surface area contributed by atoms with Crippen molar-refractivity contribution in [2.45, 2.75) is 37.7 Å². The number of fused-ring (bicyclic) bond motifs is 2. The third kappa shape index (κ3) is 4.05. The number of nitrogens with one attached hydrogen (secondary N) is 1. The van der Waals surface area contributed by atoms with E-state index in [1.807, 2.05) is 53.4 Å². The van der Waals surface area contributed by atoms with Gasteiger partial charge >= 0.3 is 0 Å². The Morgan fingerprint density at radius 1 is 1.00 bits per heavy atom. The Morgan fingerprint density at radius 3 is 2.46 bits per heavy atom. The fourth-order valence-electron chi connectivity index (χ4n) is 6.43. The highest BCUT2D eigenvalue weighted by Crippen LogP contribution is 2.51. The second kappa shape index (κ2) is 8.86. The van der Waals surface area contributed by atoms with Crippen LogP contribution in [-0.2, 0) is 21.6 Å². The number of carbonyl (C=O) groups is 2. The molecule has 0 spiro atoms. The number of hydrogen-bond acceptors (Lipinski definition) is 5. The lowest BCUT2D eigenvalue weighted by atomic mass is 9.79. The van der Waals surface area contributed by atoms with Gasteiger partial charge in [0.15, 0.2) is 17.1 Å². The van der Waals surface area contributed by atoms with E-state index in [9.17, 15) is 14.7 Å². The summed E-state index contributed by atoms with van der Waals surface area (Å²) in [5, 5.41) is 14.7. The molecule has 2 aliphatic heterocycles. The molecule has 1 saturated heterocycles. The van der Waals surface area contributed by atoms with Crippen LogP contribution in [0.5, 0.6) is 11.5 Å². The minimum atomic E-state index is -1.48. The molecule has 2 aromatic rings. The first kappa shape index (κ1) is 22.4. The van der Waals surface area contributed by atoms with Crippen molar-refractivity contribution in [3.63, 3.8) is 0 Å². The van der Waals surface area contributed by atoms with Crippen molar-refractivity contribution < 1.29 is 24.2 Å². The van der Waals surface area contributed by atoms with E-state index in [0.717, 1.165) is 50.1 Å². The number of likely N-dealkylation sites (tertiary alicyclic amines) is 1. The van der Waals surface area contributed by atoms with Crippen LogP contribution < -0.4 is 14.8 Å². The molecule has 2 aliphatic carbocycles. The van der Waals surface area contributed by atoms with Crippen LogP contribution in [0, 0.1) is 23.7 Å². The first-order chi connectivity index (χ1) is 17.0. The van der Waals surface area contributed by atoms with E-state index in [2.05, 4.69) is 5.32 Å². The van der Waals surface area contributed by atoms with Crippen molar-refractivity contribution in [2.24, 2.45) is 23.7 Å². The van der Waals surface area contributed by atoms with Gasteiger partial charge in [-0.3, -0.25) is 9.59 Å². The number of nitrogens with zero attached hydrogens (tertiary/aromatic N) is 1. The molecule has 2 saturated carbocycles. The molecular formula is C28H32N2O5. The van der Waals surface area contributed by atoms with Crippen LogP contribution in [0.2, 0.25) is 0 Å². The van der Waals surface area contributed by atoms with Crippen molar-refractivity contribution in [3.8, 4) is 11.5 Å². The van der Waals surface area contributed by atoms with Gasteiger partial charge in [0, 0.05) is 25.6 Å². The number of benzene rings is 2. The molecule has 3 fully saturated rings. The Morgan fingerprint density at radius 2 is 1.71 bits per heavy atom. The predicted octanol–water partition coefficient (Wildman–Crippen LogP) is 2.86. The van der Waals surface area contributed by atoms with Crippen molar-refractivity contribution in [2.75, 3.05) is 26.4 Å². The lowest BCUT2D eigenvalue weighted by Crippen LogP contribution is -2.49. The Labute approximate surface area is 205 Å². The molecule has 184 valence electrons. The number of rotatable bonds is 7. The Bertz CT molecular complexity index is 1100. The molecule has 2 N–H and O–H groups in total. The van der Waals surface area contributed by atoms with Gasteiger partial charge in [0.25, 0.3) is 5.91 Å². The maximum Gasteiger partial charge on any atom is 0.256 e. The number of hydrogen-bond donors (Lipinski definition) is 2. The number of carbonyl (C=O) groups excluding carboxylic acids is 2. The Balaban J connectivity index is 1.03. The molecule has 4 aliphatic rings. The zero-order chi connectivity index (χ0) is 24.0. The molecule has 6 rings (SSSR count). The van der Waals surface area contributed by atoms with Crippen molar-refractivity contribution >= 4 is 11.8 Å². The van der Waals surface area contributed by atoms with Crippen molar-refractivity contribution in [3.05, 3.63) is 59.7 Å². The molecule has 3 unspecified atom stereocenters. The number of ether oxygens (including phenoxy) is 2. The van der Waals surface area contributed by atoms with Gasteiger partial charge in [-0.05, 0) is 53.9 Å². The summed E-state index contributed by atoms with van der Waals surface area (Å²) < 4.78 is 10.8. The topological polar surface area (TPSA) is 88.1 Å². The molecule has 0 radical (unpaired) electrons. The average Bonchev–Trinajstić information content (AvgIpc) is 3.43. The molecule has 35 heavy (non-hydrogen) atoms. The highest BCUT2D eigenvalue weighted by molar-refractivity contribution is 5.87. The molecule has 7 nitrogen and oxygen atoms in total. The Kier molecular flexibility index (Phi) is 5.67. The highest BCUT2D eigenvalue weighted by Gasteiger charge is 2.57. The second-order valence-corrected chi connectivity index (χ2v) is 10.5. The summed E-state index contributed by atoms with van der Waals surface area (Å²) in [4.78, 5) is 28.1. The number of piperidine rings is 1. The maximum absolute atomic E-state index is 13.3. The second-order valence-electron chi connectivity index (χ2n) is 10.5. The molecule has 2 amide bonds. The SMILES string of the molecule is O=C(Cc1ccc2c(c1)OCO2)N1CC2C(CNC(=O)C(O)(c3ccccc3)C3CCCC3)[C@H]2C1. The number of amides is 2. The van der Waals surface area contributed by atoms with Crippen LogP contribution >= 0.6 is 0 Å². The molecule has 2 aromatic carbocycles. The molecule has 0 aromatic heterocycles. The van der Waals surface area contributed by atoms with Gasteiger partial charge in [-0.2, -0.15) is 0 Å². The Hall–Kier alpha value is -3.06. The molecule has 2 heterocycles. The molecule has 7 heteroatoms. The summed E-state index contributed by atoms with van der Waals surface area (Å²) in [6.07, 6.45) is 4.19. The lowest BCUT2D eigenvalue weighted by molar-refractivity contribution is -0.147. The monoisotopic (exact) mass is 476 g/mol. The van der Waals surface area contributed by atoms with Gasteiger partial charge in [0.05, 0.1) is 6.42 Å². The third-order valence-corrected chi connectivity index (χ3v) is 8.52. The number of aliphatic hydroxyl groups is 1. The van der Waals surface area contributed by atoms with Gasteiger partial charge < -0.3 is 24.8 Å². The largest absolute Gasteiger partial charge is 0.454 e. The van der Waals surface area contributed by atoms with E-state index < -0.39 is 5.60 Å². The van der Waals surface area contributed by atoms with Gasteiger partial charge in [0.2, 0.25) is 12.7 Å². The van der Waals surface area contributed by atoms with Crippen molar-refractivity contribution in [1.82, 2.24) is 10.2 Å². The molecule has 4 atom stereocenters. The zero-order valence-corrected chi connectivity index (χ0v) is 19.8. The summed E-state index contributed by atoms with van der Waals surface area (Å²) in [5.74, 6) is 2.43. The van der Waals surface area contributed by atoms with Crippen LogP contribution in [-0.4, -0.2) is 48.2 Å². The highest BCUT2D eigenvalue weighted by atomic mass is 16.7. The van der Waals surface area contributed by atoms with E-state index in [4.69, 9.17) is 9.47 Å². The minimum Gasteiger partial charge on any atom is -0.454 e. The summed E-state index contributed by atoms with van der Waals surface area (Å²) in [7, 11) is 0. The van der Waals surface area contributed by atoms with Crippen LogP contribution in [0.4, 0.5) is 0 Å². The normalized spacial score (nSPS) is 26.3. The van der Waals surface area contributed by atoms with Gasteiger partial charge in [0.1, 0.15) is 0 Å². The van der Waals surface area contributed by atoms with Crippen LogP contribution in [0.3, 0.4) is 0 Å². The maximum atomic E-state index is 13.3. The third-order valence-electron chi connectivity index (χ3n) is 8.52. The fourth-order valence-corrected chi connectivity index (χ4v) is 6.43. The predicted molar refractivity (Wildman–Crippen MR) is 129 cm³/mol. The van der Waals surface area contributed by atoms with Crippen LogP contribution in [0.1, 0.15) is 36.8 Å². The zero-order valence-electron chi connectivity index (χ0n) is 19.8. The van der Waals surface area contributed by atoms with Gasteiger partial charge in [-0.1, -0.05) is 49.2 Å². The van der Waals surface area contributed by atoms with E-state index in [1.54, 1.807) is 0 Å². The lowest BCUT2D eigenvalue weighted by Gasteiger charge is -2.33. The first-order valence-electron chi connectivity index (χ1n) is 12.8. The van der Waals surface area contributed by atoms with Gasteiger partial charge in [-0.25, -0.2) is 0 Å².